The average molecular weight is 276 g/mol. The Morgan fingerprint density at radius 1 is 0.571 bits per heavy atom. The molecule has 0 aromatic heterocycles. The van der Waals surface area contributed by atoms with E-state index in [4.69, 9.17) is 0 Å². The van der Waals surface area contributed by atoms with Gasteiger partial charge in [-0.1, -0.05) is 36.4 Å². The summed E-state index contributed by atoms with van der Waals surface area (Å²) in [6.45, 7) is 0. The monoisotopic (exact) mass is 276 g/mol. The first-order valence-corrected chi connectivity index (χ1v) is 6.78. The molecule has 3 heteroatoms. The number of para-hydroxylation sites is 3. The summed E-state index contributed by atoms with van der Waals surface area (Å²) in [5.41, 5.74) is 3.80. The van der Waals surface area contributed by atoms with Crippen molar-refractivity contribution in [2.24, 2.45) is 0 Å². The molecule has 0 aliphatic rings. The molecule has 3 nitrogen and oxygen atoms in total. The first-order valence-electron chi connectivity index (χ1n) is 6.78. The molecule has 0 amide bonds. The number of hydrogen-bond donors (Lipinski definition) is 3. The van der Waals surface area contributed by atoms with Crippen molar-refractivity contribution in [3.05, 3.63) is 78.9 Å². The van der Waals surface area contributed by atoms with Crippen molar-refractivity contribution < 1.29 is 5.11 Å². The number of benzene rings is 3. The second-order valence-corrected chi connectivity index (χ2v) is 4.71. The van der Waals surface area contributed by atoms with Gasteiger partial charge in [0, 0.05) is 17.4 Å². The fourth-order valence-corrected chi connectivity index (χ4v) is 2.12. The van der Waals surface area contributed by atoms with Crippen LogP contribution in [0.3, 0.4) is 0 Å². The van der Waals surface area contributed by atoms with Gasteiger partial charge >= 0.3 is 0 Å². The number of nitrogens with one attached hydrogen (secondary N) is 2. The fraction of sp³-hybridized carbons (Fsp3) is 0. The lowest BCUT2D eigenvalue weighted by molar-refractivity contribution is 0.475. The van der Waals surface area contributed by atoms with Crippen LogP contribution in [0.4, 0.5) is 22.7 Å². The Labute approximate surface area is 123 Å². The van der Waals surface area contributed by atoms with Crippen molar-refractivity contribution in [1.82, 2.24) is 0 Å². The Balaban J connectivity index is 1.86. The van der Waals surface area contributed by atoms with E-state index in [9.17, 15) is 5.11 Å². The zero-order valence-corrected chi connectivity index (χ0v) is 11.5. The minimum absolute atomic E-state index is 0.244. The highest BCUT2D eigenvalue weighted by molar-refractivity contribution is 5.78. The van der Waals surface area contributed by atoms with E-state index in [0.717, 1.165) is 22.7 Å². The SMILES string of the molecule is Oc1cccc(Nc2ccccc2Nc2ccccc2)c1. The molecule has 0 radical (unpaired) electrons. The van der Waals surface area contributed by atoms with Crippen LogP contribution in [0.5, 0.6) is 5.75 Å². The van der Waals surface area contributed by atoms with Gasteiger partial charge in [0.05, 0.1) is 11.4 Å². The molecule has 0 saturated carbocycles. The molecule has 0 atom stereocenters. The highest BCUT2D eigenvalue weighted by atomic mass is 16.3. The molecule has 3 aromatic rings. The molecule has 0 aliphatic heterocycles. The Morgan fingerprint density at radius 3 is 1.81 bits per heavy atom. The first kappa shape index (κ1) is 13.1. The Hall–Kier alpha value is -2.94. The maximum Gasteiger partial charge on any atom is 0.117 e. The molecular weight excluding hydrogens is 260 g/mol. The van der Waals surface area contributed by atoms with Gasteiger partial charge in [0.15, 0.2) is 0 Å². The standard InChI is InChI=1S/C18H16N2O/c21-16-10-6-9-15(13-16)20-18-12-5-4-11-17(18)19-14-7-2-1-3-8-14/h1-13,19-21H. The van der Waals surface area contributed by atoms with Gasteiger partial charge in [-0.15, -0.1) is 0 Å². The second-order valence-electron chi connectivity index (χ2n) is 4.71. The molecule has 0 unspecified atom stereocenters. The van der Waals surface area contributed by atoms with Crippen LogP contribution in [0.15, 0.2) is 78.9 Å². The topological polar surface area (TPSA) is 44.3 Å². The second kappa shape index (κ2) is 6.01. The number of phenolic OH excluding ortho intramolecular Hbond substituents is 1. The molecule has 0 spiro atoms. The van der Waals surface area contributed by atoms with E-state index in [0.29, 0.717) is 0 Å². The highest BCUT2D eigenvalue weighted by Gasteiger charge is 2.03. The van der Waals surface area contributed by atoms with Crippen LogP contribution in [0.2, 0.25) is 0 Å². The molecule has 3 N–H and O–H groups in total. The fourth-order valence-electron chi connectivity index (χ4n) is 2.12. The lowest BCUT2D eigenvalue weighted by Crippen LogP contribution is -1.97. The summed E-state index contributed by atoms with van der Waals surface area (Å²) in [7, 11) is 0. The predicted molar refractivity (Wildman–Crippen MR) is 87.6 cm³/mol. The van der Waals surface area contributed by atoms with Crippen LogP contribution >= 0.6 is 0 Å². The third-order valence-electron chi connectivity index (χ3n) is 3.11. The molecule has 0 heterocycles. The summed E-state index contributed by atoms with van der Waals surface area (Å²) in [4.78, 5) is 0. The summed E-state index contributed by atoms with van der Waals surface area (Å²) in [5, 5.41) is 16.2. The van der Waals surface area contributed by atoms with Crippen LogP contribution in [0.1, 0.15) is 0 Å². The lowest BCUT2D eigenvalue weighted by Gasteiger charge is -2.14. The maximum atomic E-state index is 9.54. The lowest BCUT2D eigenvalue weighted by atomic mass is 10.2. The zero-order chi connectivity index (χ0) is 14.5. The first-order chi connectivity index (χ1) is 10.3. The summed E-state index contributed by atoms with van der Waals surface area (Å²) in [5.74, 6) is 0.244. The zero-order valence-electron chi connectivity index (χ0n) is 11.5. The van der Waals surface area contributed by atoms with Gasteiger partial charge in [0.2, 0.25) is 0 Å². The van der Waals surface area contributed by atoms with Crippen molar-refractivity contribution in [1.29, 1.82) is 0 Å². The number of phenols is 1. The van der Waals surface area contributed by atoms with Crippen LogP contribution < -0.4 is 10.6 Å². The van der Waals surface area contributed by atoms with Crippen molar-refractivity contribution >= 4 is 22.7 Å². The van der Waals surface area contributed by atoms with E-state index in [1.807, 2.05) is 66.7 Å². The number of anilines is 4. The van der Waals surface area contributed by atoms with E-state index in [1.54, 1.807) is 12.1 Å². The Kier molecular flexibility index (Phi) is 3.74. The molecule has 3 aromatic carbocycles. The van der Waals surface area contributed by atoms with Crippen LogP contribution in [0.25, 0.3) is 0 Å². The molecule has 0 bridgehead atoms. The quantitative estimate of drug-likeness (QED) is 0.636. The van der Waals surface area contributed by atoms with Crippen LogP contribution in [-0.2, 0) is 0 Å². The molecule has 3 rings (SSSR count). The minimum Gasteiger partial charge on any atom is -0.508 e. The normalized spacial score (nSPS) is 10.1. The van der Waals surface area contributed by atoms with Gasteiger partial charge < -0.3 is 15.7 Å². The molecule has 21 heavy (non-hydrogen) atoms. The average Bonchev–Trinajstić information content (AvgIpc) is 2.50. The van der Waals surface area contributed by atoms with Gasteiger partial charge in [-0.05, 0) is 36.4 Å². The molecule has 0 fully saturated rings. The van der Waals surface area contributed by atoms with Gasteiger partial charge in [-0.2, -0.15) is 0 Å². The van der Waals surface area contributed by atoms with Crippen molar-refractivity contribution in [2.75, 3.05) is 10.6 Å². The summed E-state index contributed by atoms with van der Waals surface area (Å²) in [6, 6.07) is 25.1. The smallest absolute Gasteiger partial charge is 0.117 e. The third kappa shape index (κ3) is 3.34. The van der Waals surface area contributed by atoms with Gasteiger partial charge in [0.1, 0.15) is 5.75 Å². The maximum absolute atomic E-state index is 9.54. The van der Waals surface area contributed by atoms with E-state index >= 15 is 0 Å². The van der Waals surface area contributed by atoms with Gasteiger partial charge in [-0.25, -0.2) is 0 Å². The number of aromatic hydroxyl groups is 1. The van der Waals surface area contributed by atoms with Crippen molar-refractivity contribution in [2.45, 2.75) is 0 Å². The summed E-state index contributed by atoms with van der Waals surface area (Å²) >= 11 is 0. The third-order valence-corrected chi connectivity index (χ3v) is 3.11. The molecule has 0 aliphatic carbocycles. The summed E-state index contributed by atoms with van der Waals surface area (Å²) < 4.78 is 0. The van der Waals surface area contributed by atoms with E-state index in [-0.39, 0.29) is 5.75 Å². The van der Waals surface area contributed by atoms with Crippen LogP contribution in [-0.4, -0.2) is 5.11 Å². The number of hydrogen-bond acceptors (Lipinski definition) is 3. The molecular formula is C18H16N2O. The largest absolute Gasteiger partial charge is 0.508 e. The van der Waals surface area contributed by atoms with Gasteiger partial charge in [0.25, 0.3) is 0 Å². The van der Waals surface area contributed by atoms with E-state index in [1.165, 1.54) is 0 Å². The predicted octanol–water partition coefficient (Wildman–Crippen LogP) is 4.88. The van der Waals surface area contributed by atoms with E-state index < -0.39 is 0 Å². The van der Waals surface area contributed by atoms with Crippen molar-refractivity contribution in [3.8, 4) is 5.75 Å². The number of rotatable bonds is 4. The van der Waals surface area contributed by atoms with E-state index in [2.05, 4.69) is 10.6 Å². The highest BCUT2D eigenvalue weighted by Crippen LogP contribution is 2.29. The Bertz CT molecular complexity index is 726. The molecule has 104 valence electrons. The molecule has 0 saturated heterocycles. The van der Waals surface area contributed by atoms with Gasteiger partial charge in [-0.3, -0.25) is 0 Å². The minimum atomic E-state index is 0.244. The summed E-state index contributed by atoms with van der Waals surface area (Å²) in [6.07, 6.45) is 0. The van der Waals surface area contributed by atoms with Crippen molar-refractivity contribution in [3.63, 3.8) is 0 Å². The Morgan fingerprint density at radius 2 is 1.14 bits per heavy atom. The van der Waals surface area contributed by atoms with Crippen LogP contribution in [0, 0.1) is 0 Å².